The quantitative estimate of drug-likeness (QED) is 0.921. The van der Waals surface area contributed by atoms with E-state index >= 15 is 0 Å². The Morgan fingerprint density at radius 1 is 1.21 bits per heavy atom. The van der Waals surface area contributed by atoms with Crippen LogP contribution in [0.4, 0.5) is 5.82 Å². The molecule has 0 aliphatic rings. The minimum atomic E-state index is 0.782. The Morgan fingerprint density at radius 2 is 1.93 bits per heavy atom. The molecule has 2 aromatic rings. The van der Waals surface area contributed by atoms with E-state index in [9.17, 15) is 0 Å². The van der Waals surface area contributed by atoms with Crippen molar-refractivity contribution >= 4 is 37.7 Å². The highest BCUT2D eigenvalue weighted by atomic mass is 79.9. The van der Waals surface area contributed by atoms with Gasteiger partial charge in [-0.15, -0.1) is 0 Å². The van der Waals surface area contributed by atoms with Crippen LogP contribution in [0.25, 0.3) is 0 Å². The van der Waals surface area contributed by atoms with Gasteiger partial charge >= 0.3 is 0 Å². The molecule has 0 unspecified atom stereocenters. The number of anilines is 1. The van der Waals surface area contributed by atoms with Crippen molar-refractivity contribution in [3.05, 3.63) is 45.7 Å². The van der Waals surface area contributed by atoms with Gasteiger partial charge < -0.3 is 0 Å². The van der Waals surface area contributed by atoms with Gasteiger partial charge in [0.15, 0.2) is 5.82 Å². The van der Waals surface area contributed by atoms with E-state index in [4.69, 9.17) is 0 Å². The highest BCUT2D eigenvalue weighted by Gasteiger charge is 2.01. The highest BCUT2D eigenvalue weighted by Crippen LogP contribution is 2.23. The third kappa shape index (κ3) is 2.16. The standard InChI is InChI=1S/C9H7Br2N3/c10-7-5-8(11)9(12-6-7)13-14-3-1-2-4-14/h1-6H,(H,12,13). The Hall–Kier alpha value is -0.810. The predicted octanol–water partition coefficient (Wildman–Crippen LogP) is 3.28. The fourth-order valence-corrected chi connectivity index (χ4v) is 2.10. The summed E-state index contributed by atoms with van der Waals surface area (Å²) in [5.74, 6) is 0.782. The van der Waals surface area contributed by atoms with E-state index in [0.29, 0.717) is 0 Å². The number of nitrogens with one attached hydrogen (secondary N) is 1. The lowest BCUT2D eigenvalue weighted by Gasteiger charge is -2.08. The van der Waals surface area contributed by atoms with Gasteiger partial charge in [-0.3, -0.25) is 10.1 Å². The Kier molecular flexibility index (Phi) is 2.88. The summed E-state index contributed by atoms with van der Waals surface area (Å²) in [7, 11) is 0. The molecule has 0 spiro atoms. The minimum absolute atomic E-state index is 0.782. The SMILES string of the molecule is Brc1cnc(Nn2cccc2)c(Br)c1. The van der Waals surface area contributed by atoms with Crippen molar-refractivity contribution in [3.63, 3.8) is 0 Å². The van der Waals surface area contributed by atoms with Crippen LogP contribution < -0.4 is 5.43 Å². The van der Waals surface area contributed by atoms with E-state index in [1.807, 2.05) is 35.3 Å². The van der Waals surface area contributed by atoms with Gasteiger partial charge in [-0.1, -0.05) is 0 Å². The molecule has 2 rings (SSSR count). The lowest BCUT2D eigenvalue weighted by molar-refractivity contribution is 0.949. The largest absolute Gasteiger partial charge is 0.277 e. The second kappa shape index (κ2) is 4.14. The van der Waals surface area contributed by atoms with E-state index in [1.165, 1.54) is 0 Å². The molecule has 0 aromatic carbocycles. The van der Waals surface area contributed by atoms with Crippen LogP contribution in [0.15, 0.2) is 45.7 Å². The summed E-state index contributed by atoms with van der Waals surface area (Å²) >= 11 is 6.77. The highest BCUT2D eigenvalue weighted by molar-refractivity contribution is 9.11. The molecule has 2 aromatic heterocycles. The van der Waals surface area contributed by atoms with Crippen molar-refractivity contribution in [2.24, 2.45) is 0 Å². The zero-order chi connectivity index (χ0) is 9.97. The summed E-state index contributed by atoms with van der Waals surface area (Å²) in [6.45, 7) is 0. The van der Waals surface area contributed by atoms with Gasteiger partial charge in [0, 0.05) is 23.1 Å². The molecule has 5 heteroatoms. The molecule has 0 atom stereocenters. The predicted molar refractivity (Wildman–Crippen MR) is 63.1 cm³/mol. The van der Waals surface area contributed by atoms with E-state index in [-0.39, 0.29) is 0 Å². The lowest BCUT2D eigenvalue weighted by atomic mass is 10.5. The molecule has 2 heterocycles. The van der Waals surface area contributed by atoms with E-state index in [1.54, 1.807) is 6.20 Å². The Balaban J connectivity index is 2.25. The zero-order valence-corrected chi connectivity index (χ0v) is 10.3. The normalized spacial score (nSPS) is 10.1. The fourth-order valence-electron chi connectivity index (χ4n) is 1.03. The molecule has 0 amide bonds. The van der Waals surface area contributed by atoms with Gasteiger partial charge in [-0.25, -0.2) is 4.98 Å². The molecule has 72 valence electrons. The lowest BCUT2D eigenvalue weighted by Crippen LogP contribution is -2.07. The molecule has 1 N–H and O–H groups in total. The van der Waals surface area contributed by atoms with Gasteiger partial charge in [0.25, 0.3) is 0 Å². The van der Waals surface area contributed by atoms with Crippen LogP contribution in [-0.2, 0) is 0 Å². The second-order valence-electron chi connectivity index (χ2n) is 2.69. The Labute approximate surface area is 98.4 Å². The molecular formula is C9H7Br2N3. The summed E-state index contributed by atoms with van der Waals surface area (Å²) in [4.78, 5) is 4.23. The number of pyridine rings is 1. The van der Waals surface area contributed by atoms with E-state index in [0.717, 1.165) is 14.8 Å². The summed E-state index contributed by atoms with van der Waals surface area (Å²) in [5.41, 5.74) is 3.12. The first-order valence-corrected chi connectivity index (χ1v) is 5.55. The maximum atomic E-state index is 4.23. The number of rotatable bonds is 2. The maximum absolute atomic E-state index is 4.23. The molecule has 0 saturated heterocycles. The van der Waals surface area contributed by atoms with Crippen molar-refractivity contribution in [1.29, 1.82) is 0 Å². The first-order valence-electron chi connectivity index (χ1n) is 3.97. The topological polar surface area (TPSA) is 29.9 Å². The van der Waals surface area contributed by atoms with Crippen molar-refractivity contribution in [2.75, 3.05) is 5.43 Å². The average Bonchev–Trinajstić information content (AvgIpc) is 2.62. The van der Waals surface area contributed by atoms with Crippen LogP contribution >= 0.6 is 31.9 Å². The molecule has 0 bridgehead atoms. The summed E-state index contributed by atoms with van der Waals surface area (Å²) in [6.07, 6.45) is 5.57. The van der Waals surface area contributed by atoms with E-state index in [2.05, 4.69) is 42.3 Å². The summed E-state index contributed by atoms with van der Waals surface area (Å²) in [5, 5.41) is 0. The van der Waals surface area contributed by atoms with Crippen LogP contribution in [0.5, 0.6) is 0 Å². The van der Waals surface area contributed by atoms with Gasteiger partial charge in [0.1, 0.15) is 0 Å². The molecule has 0 aliphatic carbocycles. The molecular weight excluding hydrogens is 310 g/mol. The Bertz CT molecular complexity index is 426. The fraction of sp³-hybridized carbons (Fsp3) is 0. The molecule has 0 aliphatic heterocycles. The third-order valence-corrected chi connectivity index (χ3v) is 2.69. The number of aromatic nitrogens is 2. The average molecular weight is 317 g/mol. The molecule has 0 radical (unpaired) electrons. The third-order valence-electron chi connectivity index (χ3n) is 1.65. The van der Waals surface area contributed by atoms with Crippen LogP contribution in [0, 0.1) is 0 Å². The monoisotopic (exact) mass is 315 g/mol. The molecule has 3 nitrogen and oxygen atoms in total. The van der Waals surface area contributed by atoms with Crippen molar-refractivity contribution in [3.8, 4) is 0 Å². The number of halogens is 2. The van der Waals surface area contributed by atoms with Gasteiger partial charge in [0.05, 0.1) is 4.47 Å². The van der Waals surface area contributed by atoms with Gasteiger partial charge in [0.2, 0.25) is 0 Å². The summed E-state index contributed by atoms with van der Waals surface area (Å²) in [6, 6.07) is 5.83. The first kappa shape index (κ1) is 9.73. The Morgan fingerprint density at radius 3 is 2.57 bits per heavy atom. The van der Waals surface area contributed by atoms with E-state index < -0.39 is 0 Å². The maximum Gasteiger partial charge on any atom is 0.159 e. The van der Waals surface area contributed by atoms with Gasteiger partial charge in [-0.05, 0) is 50.1 Å². The zero-order valence-electron chi connectivity index (χ0n) is 7.11. The van der Waals surface area contributed by atoms with Crippen LogP contribution in [0.3, 0.4) is 0 Å². The number of nitrogens with zero attached hydrogens (tertiary/aromatic N) is 2. The first-order chi connectivity index (χ1) is 6.75. The molecule has 0 saturated carbocycles. The van der Waals surface area contributed by atoms with Crippen molar-refractivity contribution in [2.45, 2.75) is 0 Å². The van der Waals surface area contributed by atoms with Crippen molar-refractivity contribution < 1.29 is 0 Å². The smallest absolute Gasteiger partial charge is 0.159 e. The van der Waals surface area contributed by atoms with Gasteiger partial charge in [-0.2, -0.15) is 0 Å². The van der Waals surface area contributed by atoms with Crippen molar-refractivity contribution in [1.82, 2.24) is 9.66 Å². The van der Waals surface area contributed by atoms with Crippen LogP contribution in [0.1, 0.15) is 0 Å². The number of hydrogen-bond donors (Lipinski definition) is 1. The summed E-state index contributed by atoms with van der Waals surface area (Å²) < 4.78 is 3.70. The van der Waals surface area contributed by atoms with Crippen LogP contribution in [-0.4, -0.2) is 9.66 Å². The number of hydrogen-bond acceptors (Lipinski definition) is 2. The molecule has 14 heavy (non-hydrogen) atoms. The van der Waals surface area contributed by atoms with Crippen LogP contribution in [0.2, 0.25) is 0 Å². The molecule has 0 fully saturated rings. The second-order valence-corrected chi connectivity index (χ2v) is 4.46. The minimum Gasteiger partial charge on any atom is -0.277 e.